The van der Waals surface area contributed by atoms with E-state index in [2.05, 4.69) is 69.4 Å². The molecule has 0 spiro atoms. The van der Waals surface area contributed by atoms with Crippen molar-refractivity contribution in [2.75, 3.05) is 62.7 Å². The van der Waals surface area contributed by atoms with Gasteiger partial charge >= 0.3 is 0 Å². The van der Waals surface area contributed by atoms with Crippen LogP contribution in [0.15, 0.2) is 84.9 Å². The number of amides is 3. The van der Waals surface area contributed by atoms with Gasteiger partial charge in [0.15, 0.2) is 0 Å². The van der Waals surface area contributed by atoms with E-state index < -0.39 is 6.04 Å². The van der Waals surface area contributed by atoms with Crippen LogP contribution < -0.4 is 24.6 Å². The Hall–Kier alpha value is -5.55. The lowest BCUT2D eigenvalue weighted by atomic mass is 9.73. The fourth-order valence-electron chi connectivity index (χ4n) is 9.90. The monoisotopic (exact) mass is 769 g/mol. The number of piperidine rings is 2. The van der Waals surface area contributed by atoms with E-state index in [1.54, 1.807) is 24.1 Å². The number of imide groups is 1. The van der Waals surface area contributed by atoms with Gasteiger partial charge in [0.2, 0.25) is 11.8 Å². The van der Waals surface area contributed by atoms with Crippen LogP contribution in [0.3, 0.4) is 0 Å². The van der Waals surface area contributed by atoms with Gasteiger partial charge in [0.1, 0.15) is 29.4 Å². The number of rotatable bonds is 8. The molecule has 5 heterocycles. The molecule has 5 aliphatic rings. The molecule has 3 fully saturated rings. The Morgan fingerprint density at radius 3 is 2.32 bits per heavy atom. The number of nitrogens with zero attached hydrogens (tertiary/aromatic N) is 4. The number of phenolic OH excluding ortho intramolecular Hbond substituents is 1. The first kappa shape index (κ1) is 37.1. The summed E-state index contributed by atoms with van der Waals surface area (Å²) < 4.78 is 12.0. The minimum atomic E-state index is -0.594. The second-order valence-electron chi connectivity index (χ2n) is 16.4. The second-order valence-corrected chi connectivity index (χ2v) is 16.4. The highest BCUT2D eigenvalue weighted by Gasteiger charge is 2.40. The van der Waals surface area contributed by atoms with E-state index in [0.717, 1.165) is 87.0 Å². The van der Waals surface area contributed by atoms with Crippen LogP contribution in [0.5, 0.6) is 17.2 Å². The molecule has 4 aromatic rings. The standard InChI is InChI=1S/C46H51N5O6/c1-29-43(32-4-3-5-37(25-32)56-2)44(39-13-11-36(52)26-41(39)57-29)31-6-8-34(9-7-31)49-18-16-30(17-19-49)27-48-20-22-50(23-21-48)35-10-12-38-33(24-35)28-51(46(38)55)40-14-15-42(53)47-45(40)54/h3-13,24-26,29-30,40,43-44,52H,14-23,27-28H2,1-2H3,(H,47,53,54)/t29-,40-,43+,44?/m0/s1. The number of fused-ring (bicyclic) bond motifs is 2. The Balaban J connectivity index is 0.796. The van der Waals surface area contributed by atoms with Gasteiger partial charge in [-0.3, -0.25) is 24.6 Å². The quantitative estimate of drug-likeness (QED) is 0.212. The van der Waals surface area contributed by atoms with E-state index in [1.165, 1.54) is 16.8 Å². The number of hydrogen-bond donors (Lipinski definition) is 2. The van der Waals surface area contributed by atoms with Gasteiger partial charge in [0.25, 0.3) is 5.91 Å². The number of carbonyl (C=O) groups excluding carboxylic acids is 3. The van der Waals surface area contributed by atoms with Crippen LogP contribution in [0.2, 0.25) is 0 Å². The van der Waals surface area contributed by atoms with Crippen molar-refractivity contribution in [1.29, 1.82) is 0 Å². The number of ether oxygens (including phenoxy) is 2. The number of aromatic hydroxyl groups is 1. The SMILES string of the molecule is COc1cccc([C@@H]2C(c3ccc(N4CCC(CN5CCN(c6ccc7c(c6)CN([C@H]6CCC(=O)NC6=O)C7=O)CC5)CC4)cc3)c3ccc(O)cc3O[C@H]2C)c1. The summed E-state index contributed by atoms with van der Waals surface area (Å²) in [6.45, 7) is 9.58. The van der Waals surface area contributed by atoms with Gasteiger partial charge in [0.05, 0.1) is 7.11 Å². The number of hydrogen-bond acceptors (Lipinski definition) is 9. The van der Waals surface area contributed by atoms with Crippen molar-refractivity contribution >= 4 is 29.1 Å². The molecule has 9 rings (SSSR count). The predicted molar refractivity (Wildman–Crippen MR) is 218 cm³/mol. The molecule has 4 atom stereocenters. The predicted octanol–water partition coefficient (Wildman–Crippen LogP) is 5.90. The van der Waals surface area contributed by atoms with Gasteiger partial charge in [-0.25, -0.2) is 0 Å². The number of benzene rings is 4. The molecule has 3 amide bonds. The van der Waals surface area contributed by atoms with E-state index in [4.69, 9.17) is 9.47 Å². The van der Waals surface area contributed by atoms with E-state index in [-0.39, 0.29) is 47.8 Å². The second kappa shape index (κ2) is 15.4. The van der Waals surface area contributed by atoms with Gasteiger partial charge in [-0.05, 0) is 97.3 Å². The highest BCUT2D eigenvalue weighted by atomic mass is 16.5. The maximum Gasteiger partial charge on any atom is 0.255 e. The molecule has 0 radical (unpaired) electrons. The number of anilines is 2. The highest BCUT2D eigenvalue weighted by Crippen LogP contribution is 2.50. The Morgan fingerprint density at radius 1 is 0.807 bits per heavy atom. The molecular weight excluding hydrogens is 719 g/mol. The first-order valence-electron chi connectivity index (χ1n) is 20.5. The maximum absolute atomic E-state index is 13.2. The van der Waals surface area contributed by atoms with Gasteiger partial charge in [-0.15, -0.1) is 0 Å². The zero-order valence-corrected chi connectivity index (χ0v) is 32.7. The first-order chi connectivity index (χ1) is 27.7. The zero-order chi connectivity index (χ0) is 39.2. The first-order valence-corrected chi connectivity index (χ1v) is 20.5. The maximum atomic E-state index is 13.2. The van der Waals surface area contributed by atoms with Crippen LogP contribution in [-0.2, 0) is 16.1 Å². The minimum Gasteiger partial charge on any atom is -0.508 e. The van der Waals surface area contributed by atoms with Crippen LogP contribution in [0.4, 0.5) is 11.4 Å². The summed E-state index contributed by atoms with van der Waals surface area (Å²) in [4.78, 5) is 46.4. The number of methoxy groups -OCH3 is 1. The summed E-state index contributed by atoms with van der Waals surface area (Å²) in [5.41, 5.74) is 7.46. The largest absolute Gasteiger partial charge is 0.508 e. The summed E-state index contributed by atoms with van der Waals surface area (Å²) in [5, 5.41) is 12.7. The summed E-state index contributed by atoms with van der Waals surface area (Å²) in [5.74, 6) is 1.78. The van der Waals surface area contributed by atoms with Crippen LogP contribution >= 0.6 is 0 Å². The molecule has 4 aromatic carbocycles. The van der Waals surface area contributed by atoms with Crippen LogP contribution in [0, 0.1) is 5.92 Å². The molecule has 2 N–H and O–H groups in total. The van der Waals surface area contributed by atoms with Crippen molar-refractivity contribution in [3.05, 3.63) is 113 Å². The summed E-state index contributed by atoms with van der Waals surface area (Å²) >= 11 is 0. The van der Waals surface area contributed by atoms with Crippen molar-refractivity contribution in [3.8, 4) is 17.2 Å². The normalized spacial score (nSPS) is 24.2. The number of carbonyl (C=O) groups is 3. The Labute approximate surface area is 334 Å². The van der Waals surface area contributed by atoms with Crippen molar-refractivity contribution in [1.82, 2.24) is 15.1 Å². The molecule has 5 aliphatic heterocycles. The average Bonchev–Trinajstić information content (AvgIpc) is 3.55. The molecule has 0 aliphatic carbocycles. The topological polar surface area (TPSA) is 115 Å². The van der Waals surface area contributed by atoms with Crippen LogP contribution in [0.25, 0.3) is 0 Å². The molecule has 57 heavy (non-hydrogen) atoms. The van der Waals surface area contributed by atoms with Crippen LogP contribution in [-0.4, -0.2) is 97.7 Å². The molecule has 3 saturated heterocycles. The molecule has 11 heteroatoms. The fourth-order valence-corrected chi connectivity index (χ4v) is 9.90. The summed E-state index contributed by atoms with van der Waals surface area (Å²) in [6, 6.07) is 28.4. The van der Waals surface area contributed by atoms with E-state index in [1.807, 2.05) is 30.3 Å². The van der Waals surface area contributed by atoms with Crippen molar-refractivity contribution in [3.63, 3.8) is 0 Å². The number of piperazine rings is 1. The highest BCUT2D eigenvalue weighted by molar-refractivity contribution is 6.05. The van der Waals surface area contributed by atoms with Crippen molar-refractivity contribution in [2.24, 2.45) is 5.92 Å². The lowest BCUT2D eigenvalue weighted by Gasteiger charge is -2.40. The van der Waals surface area contributed by atoms with Crippen molar-refractivity contribution in [2.45, 2.75) is 63.1 Å². The molecule has 296 valence electrons. The smallest absolute Gasteiger partial charge is 0.255 e. The molecule has 0 saturated carbocycles. The molecule has 11 nitrogen and oxygen atoms in total. The number of nitrogens with one attached hydrogen (secondary N) is 1. The Bertz CT molecular complexity index is 2160. The Kier molecular flexibility index (Phi) is 10.0. The fraction of sp³-hybridized carbons (Fsp3) is 0.413. The summed E-state index contributed by atoms with van der Waals surface area (Å²) in [6.07, 6.45) is 2.85. The average molecular weight is 770 g/mol. The molecule has 0 aromatic heterocycles. The zero-order valence-electron chi connectivity index (χ0n) is 32.7. The number of phenols is 1. The van der Waals surface area contributed by atoms with Crippen molar-refractivity contribution < 1.29 is 29.0 Å². The molecule has 0 bridgehead atoms. The molecular formula is C46H51N5O6. The van der Waals surface area contributed by atoms with Crippen LogP contribution in [0.1, 0.15) is 77.1 Å². The summed E-state index contributed by atoms with van der Waals surface area (Å²) in [7, 11) is 1.70. The van der Waals surface area contributed by atoms with E-state index >= 15 is 0 Å². The van der Waals surface area contributed by atoms with Gasteiger partial charge in [0, 0.05) is 99.2 Å². The minimum absolute atomic E-state index is 0.0546. The lowest BCUT2D eigenvalue weighted by molar-refractivity contribution is -0.136. The third-order valence-electron chi connectivity index (χ3n) is 13.0. The molecule has 1 unspecified atom stereocenters. The Morgan fingerprint density at radius 2 is 1.56 bits per heavy atom. The third-order valence-corrected chi connectivity index (χ3v) is 13.0. The van der Waals surface area contributed by atoms with E-state index in [0.29, 0.717) is 24.4 Å². The third kappa shape index (κ3) is 7.29. The van der Waals surface area contributed by atoms with E-state index in [9.17, 15) is 19.5 Å². The lowest BCUT2D eigenvalue weighted by Crippen LogP contribution is -2.52. The van der Waals surface area contributed by atoms with Gasteiger partial charge in [-0.1, -0.05) is 30.3 Å². The van der Waals surface area contributed by atoms with Gasteiger partial charge in [-0.2, -0.15) is 0 Å². The van der Waals surface area contributed by atoms with Gasteiger partial charge < -0.3 is 29.3 Å².